The van der Waals surface area contributed by atoms with E-state index in [2.05, 4.69) is 20.1 Å². The number of pyridine rings is 1. The SMILES string of the molecule is O=C(CCn1cnc2sc3c(c2c1=O)CCCC3)OCc1nc(-c2cccnc2)no1. The molecule has 4 heterocycles. The lowest BCUT2D eigenvalue weighted by Gasteiger charge is -2.10. The Bertz CT molecular complexity index is 1290. The molecule has 31 heavy (non-hydrogen) atoms. The molecule has 0 N–H and O–H groups in total. The van der Waals surface area contributed by atoms with E-state index in [1.165, 1.54) is 15.8 Å². The third-order valence-corrected chi connectivity index (χ3v) is 6.44. The van der Waals surface area contributed by atoms with Crippen molar-refractivity contribution >= 4 is 27.5 Å². The van der Waals surface area contributed by atoms with E-state index in [0.29, 0.717) is 16.8 Å². The van der Waals surface area contributed by atoms with Gasteiger partial charge >= 0.3 is 5.97 Å². The van der Waals surface area contributed by atoms with Gasteiger partial charge in [-0.25, -0.2) is 4.98 Å². The van der Waals surface area contributed by atoms with Crippen LogP contribution in [0.25, 0.3) is 21.6 Å². The average Bonchev–Trinajstić information content (AvgIpc) is 3.43. The number of carbonyl (C=O) groups excluding carboxylic acids is 1. The van der Waals surface area contributed by atoms with Gasteiger partial charge in [-0.3, -0.25) is 19.1 Å². The van der Waals surface area contributed by atoms with Crippen molar-refractivity contribution in [2.45, 2.75) is 45.3 Å². The van der Waals surface area contributed by atoms with Crippen molar-refractivity contribution in [1.29, 1.82) is 0 Å². The number of aromatic nitrogens is 5. The van der Waals surface area contributed by atoms with Crippen molar-refractivity contribution in [3.8, 4) is 11.4 Å². The molecule has 0 spiro atoms. The number of hydrogen-bond donors (Lipinski definition) is 0. The van der Waals surface area contributed by atoms with E-state index in [0.717, 1.165) is 36.1 Å². The van der Waals surface area contributed by atoms with Crippen LogP contribution >= 0.6 is 11.3 Å². The summed E-state index contributed by atoms with van der Waals surface area (Å²) in [6.07, 6.45) is 9.01. The fourth-order valence-corrected chi connectivity index (χ4v) is 4.91. The molecule has 0 atom stereocenters. The lowest BCUT2D eigenvalue weighted by atomic mass is 9.97. The first-order chi connectivity index (χ1) is 15.2. The van der Waals surface area contributed by atoms with Gasteiger partial charge in [-0.15, -0.1) is 11.3 Å². The van der Waals surface area contributed by atoms with E-state index in [4.69, 9.17) is 9.26 Å². The van der Waals surface area contributed by atoms with E-state index in [1.807, 2.05) is 0 Å². The standard InChI is InChI=1S/C21H19N5O4S/c27-17(29-11-16-24-19(25-30-16)13-4-3-8-22-10-13)7-9-26-12-23-20-18(21(26)28)14-5-1-2-6-15(14)31-20/h3-4,8,10,12H,1-2,5-7,9,11H2. The molecule has 0 saturated heterocycles. The summed E-state index contributed by atoms with van der Waals surface area (Å²) in [5.74, 6) is 0.113. The molecule has 0 aliphatic heterocycles. The number of esters is 1. The first-order valence-electron chi connectivity index (χ1n) is 10.1. The third-order valence-electron chi connectivity index (χ3n) is 5.24. The van der Waals surface area contributed by atoms with Gasteiger partial charge in [-0.2, -0.15) is 4.98 Å². The maximum atomic E-state index is 12.9. The molecule has 1 aliphatic rings. The fraction of sp³-hybridized carbons (Fsp3) is 0.333. The summed E-state index contributed by atoms with van der Waals surface area (Å²) in [5, 5.41) is 4.57. The smallest absolute Gasteiger partial charge is 0.308 e. The number of aryl methyl sites for hydroxylation is 3. The molecular formula is C21H19N5O4S. The summed E-state index contributed by atoms with van der Waals surface area (Å²) < 4.78 is 11.8. The van der Waals surface area contributed by atoms with Gasteiger partial charge in [-0.1, -0.05) is 5.16 Å². The molecule has 158 valence electrons. The molecule has 4 aromatic rings. The molecule has 9 nitrogen and oxygen atoms in total. The Morgan fingerprint density at radius 2 is 2.19 bits per heavy atom. The van der Waals surface area contributed by atoms with Crippen LogP contribution in [0.5, 0.6) is 0 Å². The molecule has 1 aliphatic carbocycles. The second-order valence-corrected chi connectivity index (χ2v) is 8.38. The Morgan fingerprint density at radius 3 is 3.06 bits per heavy atom. The normalized spacial score (nSPS) is 13.3. The Balaban J connectivity index is 1.21. The maximum absolute atomic E-state index is 12.9. The monoisotopic (exact) mass is 437 g/mol. The van der Waals surface area contributed by atoms with Gasteiger partial charge in [0.15, 0.2) is 6.61 Å². The van der Waals surface area contributed by atoms with Gasteiger partial charge in [0.1, 0.15) is 4.83 Å². The van der Waals surface area contributed by atoms with Crippen LogP contribution in [0.15, 0.2) is 40.2 Å². The summed E-state index contributed by atoms with van der Waals surface area (Å²) in [7, 11) is 0. The number of carbonyl (C=O) groups is 1. The van der Waals surface area contributed by atoms with E-state index in [-0.39, 0.29) is 31.0 Å². The van der Waals surface area contributed by atoms with Crippen LogP contribution in [0.1, 0.15) is 35.6 Å². The second-order valence-electron chi connectivity index (χ2n) is 7.30. The molecule has 0 fully saturated rings. The van der Waals surface area contributed by atoms with E-state index < -0.39 is 5.97 Å². The van der Waals surface area contributed by atoms with Crippen LogP contribution in [-0.4, -0.2) is 30.6 Å². The first-order valence-corrected chi connectivity index (χ1v) is 10.9. The largest absolute Gasteiger partial charge is 0.456 e. The van der Waals surface area contributed by atoms with Gasteiger partial charge in [0.2, 0.25) is 5.82 Å². The molecular weight excluding hydrogens is 418 g/mol. The van der Waals surface area contributed by atoms with E-state index in [9.17, 15) is 9.59 Å². The number of ether oxygens (including phenoxy) is 1. The van der Waals surface area contributed by atoms with Gasteiger partial charge in [-0.05, 0) is 43.4 Å². The molecule has 0 amide bonds. The minimum Gasteiger partial charge on any atom is -0.456 e. The maximum Gasteiger partial charge on any atom is 0.308 e. The van der Waals surface area contributed by atoms with Crippen molar-refractivity contribution in [1.82, 2.24) is 24.7 Å². The van der Waals surface area contributed by atoms with Crippen molar-refractivity contribution in [3.05, 3.63) is 57.5 Å². The third kappa shape index (κ3) is 3.98. The highest BCUT2D eigenvalue weighted by Gasteiger charge is 2.20. The van der Waals surface area contributed by atoms with Crippen LogP contribution in [0, 0.1) is 0 Å². The summed E-state index contributed by atoms with van der Waals surface area (Å²) in [6, 6.07) is 3.58. The van der Waals surface area contributed by atoms with Gasteiger partial charge in [0.05, 0.1) is 18.1 Å². The zero-order valence-electron chi connectivity index (χ0n) is 16.6. The summed E-state index contributed by atoms with van der Waals surface area (Å²) >= 11 is 1.61. The summed E-state index contributed by atoms with van der Waals surface area (Å²) in [5.41, 5.74) is 1.76. The Kier molecular flexibility index (Phi) is 5.29. The number of fused-ring (bicyclic) bond motifs is 3. The van der Waals surface area contributed by atoms with Gasteiger partial charge in [0, 0.05) is 29.4 Å². The molecule has 0 radical (unpaired) electrons. The number of thiophene rings is 1. The quantitative estimate of drug-likeness (QED) is 0.423. The Labute approximate surface area is 180 Å². The lowest BCUT2D eigenvalue weighted by molar-refractivity contribution is -0.146. The average molecular weight is 437 g/mol. The minimum atomic E-state index is -0.458. The van der Waals surface area contributed by atoms with Crippen LogP contribution < -0.4 is 5.56 Å². The molecule has 0 unspecified atom stereocenters. The zero-order valence-corrected chi connectivity index (χ0v) is 17.4. The van der Waals surface area contributed by atoms with Crippen LogP contribution in [-0.2, 0) is 35.5 Å². The first kappa shape index (κ1) is 19.6. The molecule has 0 aromatic carbocycles. The number of hydrogen-bond acceptors (Lipinski definition) is 9. The van der Waals surface area contributed by atoms with Crippen LogP contribution in [0.3, 0.4) is 0 Å². The topological polar surface area (TPSA) is 113 Å². The fourth-order valence-electron chi connectivity index (χ4n) is 3.69. The van der Waals surface area contributed by atoms with Gasteiger partial charge in [0.25, 0.3) is 11.4 Å². The predicted octanol–water partition coefficient (Wildman–Crippen LogP) is 2.92. The summed E-state index contributed by atoms with van der Waals surface area (Å²) in [6.45, 7) is 0.0757. The van der Waals surface area contributed by atoms with E-state index >= 15 is 0 Å². The zero-order chi connectivity index (χ0) is 21.2. The van der Waals surface area contributed by atoms with Gasteiger partial charge < -0.3 is 9.26 Å². The molecule has 0 bridgehead atoms. The van der Waals surface area contributed by atoms with Crippen LogP contribution in [0.2, 0.25) is 0 Å². The van der Waals surface area contributed by atoms with E-state index in [1.54, 1.807) is 35.9 Å². The molecule has 10 heteroatoms. The summed E-state index contributed by atoms with van der Waals surface area (Å²) in [4.78, 5) is 39.8. The lowest BCUT2D eigenvalue weighted by Crippen LogP contribution is -2.23. The molecule has 0 saturated carbocycles. The highest BCUT2D eigenvalue weighted by atomic mass is 32.1. The highest BCUT2D eigenvalue weighted by Crippen LogP contribution is 2.33. The predicted molar refractivity (Wildman–Crippen MR) is 112 cm³/mol. The molecule has 4 aromatic heterocycles. The minimum absolute atomic E-state index is 0.0447. The van der Waals surface area contributed by atoms with Crippen molar-refractivity contribution < 1.29 is 14.1 Å². The Morgan fingerprint density at radius 1 is 1.29 bits per heavy atom. The van der Waals surface area contributed by atoms with Crippen molar-refractivity contribution in [2.75, 3.05) is 0 Å². The number of nitrogens with zero attached hydrogens (tertiary/aromatic N) is 5. The Hall–Kier alpha value is -3.40. The van der Waals surface area contributed by atoms with Crippen molar-refractivity contribution in [3.63, 3.8) is 0 Å². The van der Waals surface area contributed by atoms with Crippen LogP contribution in [0.4, 0.5) is 0 Å². The number of rotatable bonds is 6. The second kappa shape index (κ2) is 8.38. The highest BCUT2D eigenvalue weighted by molar-refractivity contribution is 7.18. The van der Waals surface area contributed by atoms with Crippen molar-refractivity contribution in [2.24, 2.45) is 0 Å². The molecule has 5 rings (SSSR count).